The second-order valence-corrected chi connectivity index (χ2v) is 10.6. The van der Waals surface area contributed by atoms with E-state index in [-0.39, 0.29) is 16.6 Å². The number of sulfonamides is 1. The minimum absolute atomic E-state index is 0.0648. The predicted molar refractivity (Wildman–Crippen MR) is 142 cm³/mol. The zero-order chi connectivity index (χ0) is 27.6. The van der Waals surface area contributed by atoms with Crippen LogP contribution >= 0.6 is 0 Å². The summed E-state index contributed by atoms with van der Waals surface area (Å²) in [7, 11) is -0.578. The fraction of sp³-hybridized carbons (Fsp3) is 0.250. The highest BCUT2D eigenvalue weighted by Gasteiger charge is 2.34. The lowest BCUT2D eigenvalue weighted by Crippen LogP contribution is -2.42. The summed E-state index contributed by atoms with van der Waals surface area (Å²) >= 11 is 0. The van der Waals surface area contributed by atoms with Crippen LogP contribution in [0.5, 0.6) is 11.5 Å². The summed E-state index contributed by atoms with van der Waals surface area (Å²) in [6, 6.07) is 19.3. The van der Waals surface area contributed by atoms with Crippen LogP contribution < -0.4 is 14.2 Å². The third-order valence-electron chi connectivity index (χ3n) is 6.69. The van der Waals surface area contributed by atoms with Crippen LogP contribution in [0, 0.1) is 0 Å². The first-order valence-electron chi connectivity index (χ1n) is 12.2. The lowest BCUT2D eigenvalue weighted by atomic mass is 9.87. The zero-order valence-electron chi connectivity index (χ0n) is 21.4. The van der Waals surface area contributed by atoms with E-state index in [9.17, 15) is 18.0 Å². The van der Waals surface area contributed by atoms with Crippen LogP contribution in [-0.2, 0) is 30.8 Å². The SMILES string of the molecule is COc1cc2c(cc1OC)[C@@H](c1ccccc1)N(C(=O)COC(=O)CN=C1NS(=O)(=O)c3ccccc31)CC2. The molecule has 39 heavy (non-hydrogen) atoms. The molecule has 5 rings (SSSR count). The standard InChI is InChI=1S/C28H27N3O7S/c1-36-22-14-19-12-13-31(27(18-8-4-3-5-9-18)21(19)15-23(22)37-2)25(32)17-38-26(33)16-29-28-20-10-6-7-11-24(20)39(34,35)30-28/h3-11,14-15,27H,12-13,16-17H2,1-2H3,(H,29,30)/t27-/m1/s1. The molecule has 0 saturated heterocycles. The molecule has 1 amide bonds. The first-order valence-corrected chi connectivity index (χ1v) is 13.7. The molecule has 2 aliphatic heterocycles. The molecule has 0 bridgehead atoms. The number of ether oxygens (including phenoxy) is 3. The van der Waals surface area contributed by atoms with Crippen molar-refractivity contribution in [1.82, 2.24) is 9.62 Å². The summed E-state index contributed by atoms with van der Waals surface area (Å²) < 4.78 is 43.0. The molecule has 0 spiro atoms. The summed E-state index contributed by atoms with van der Waals surface area (Å²) in [4.78, 5) is 31.7. The van der Waals surface area contributed by atoms with Crippen LogP contribution in [0.4, 0.5) is 0 Å². The Morgan fingerprint density at radius 1 is 1.00 bits per heavy atom. The number of carbonyl (C=O) groups excluding carboxylic acids is 2. The highest BCUT2D eigenvalue weighted by atomic mass is 32.2. The van der Waals surface area contributed by atoms with Crippen LogP contribution in [0.1, 0.15) is 28.3 Å². The van der Waals surface area contributed by atoms with E-state index in [1.54, 1.807) is 37.3 Å². The Kier molecular flexibility index (Phi) is 7.25. The zero-order valence-corrected chi connectivity index (χ0v) is 22.2. The molecule has 0 radical (unpaired) electrons. The normalized spacial score (nSPS) is 18.1. The molecular weight excluding hydrogens is 522 g/mol. The van der Waals surface area contributed by atoms with Gasteiger partial charge in [-0.15, -0.1) is 0 Å². The summed E-state index contributed by atoms with van der Waals surface area (Å²) in [6.07, 6.45) is 0.589. The van der Waals surface area contributed by atoms with E-state index in [0.717, 1.165) is 16.7 Å². The van der Waals surface area contributed by atoms with Crippen molar-refractivity contribution < 1.29 is 32.2 Å². The van der Waals surface area contributed by atoms with Gasteiger partial charge in [-0.05, 0) is 47.4 Å². The number of hydrogen-bond acceptors (Lipinski definition) is 8. The number of esters is 1. The molecule has 11 heteroatoms. The van der Waals surface area contributed by atoms with Crippen molar-refractivity contribution in [1.29, 1.82) is 0 Å². The number of amidine groups is 1. The molecule has 0 aromatic heterocycles. The van der Waals surface area contributed by atoms with Crippen molar-refractivity contribution in [3.05, 3.63) is 89.0 Å². The van der Waals surface area contributed by atoms with Crippen molar-refractivity contribution in [3.8, 4) is 11.5 Å². The van der Waals surface area contributed by atoms with Gasteiger partial charge in [0.25, 0.3) is 15.9 Å². The second kappa shape index (κ2) is 10.8. The maximum Gasteiger partial charge on any atom is 0.328 e. The van der Waals surface area contributed by atoms with E-state index in [1.165, 1.54) is 6.07 Å². The summed E-state index contributed by atoms with van der Waals surface area (Å²) in [6.45, 7) is -0.501. The molecule has 3 aromatic carbocycles. The topological polar surface area (TPSA) is 124 Å². The van der Waals surface area contributed by atoms with Gasteiger partial charge in [-0.3, -0.25) is 19.3 Å². The van der Waals surface area contributed by atoms with E-state index in [0.29, 0.717) is 30.0 Å². The van der Waals surface area contributed by atoms with Gasteiger partial charge in [0.05, 0.1) is 25.2 Å². The van der Waals surface area contributed by atoms with E-state index >= 15 is 0 Å². The molecule has 1 N–H and O–H groups in total. The summed E-state index contributed by atoms with van der Waals surface area (Å²) in [5.41, 5.74) is 3.23. The van der Waals surface area contributed by atoms with Crippen molar-refractivity contribution in [3.63, 3.8) is 0 Å². The monoisotopic (exact) mass is 549 g/mol. The average molecular weight is 550 g/mol. The first-order chi connectivity index (χ1) is 18.8. The third kappa shape index (κ3) is 5.17. The fourth-order valence-electron chi connectivity index (χ4n) is 4.87. The molecule has 3 aromatic rings. The van der Waals surface area contributed by atoms with Gasteiger partial charge in [0.1, 0.15) is 12.4 Å². The minimum atomic E-state index is -3.72. The van der Waals surface area contributed by atoms with Gasteiger partial charge < -0.3 is 19.1 Å². The van der Waals surface area contributed by atoms with Gasteiger partial charge in [-0.1, -0.05) is 42.5 Å². The van der Waals surface area contributed by atoms with Gasteiger partial charge in [-0.2, -0.15) is 0 Å². The number of fused-ring (bicyclic) bond motifs is 2. The van der Waals surface area contributed by atoms with Crippen LogP contribution in [0.15, 0.2) is 76.6 Å². The van der Waals surface area contributed by atoms with Crippen LogP contribution in [0.3, 0.4) is 0 Å². The smallest absolute Gasteiger partial charge is 0.328 e. The van der Waals surface area contributed by atoms with Crippen LogP contribution in [0.2, 0.25) is 0 Å². The third-order valence-corrected chi connectivity index (χ3v) is 8.09. The lowest BCUT2D eigenvalue weighted by molar-refractivity contribution is -0.151. The number of aliphatic imine (C=N–C) groups is 1. The molecule has 0 fully saturated rings. The molecule has 0 aliphatic carbocycles. The Bertz CT molecular complexity index is 1550. The van der Waals surface area contributed by atoms with E-state index in [4.69, 9.17) is 14.2 Å². The number of nitrogens with one attached hydrogen (secondary N) is 1. The van der Waals surface area contributed by atoms with E-state index in [2.05, 4.69) is 9.71 Å². The predicted octanol–water partition coefficient (Wildman–Crippen LogP) is 2.46. The van der Waals surface area contributed by atoms with Crippen LogP contribution in [0.25, 0.3) is 0 Å². The quantitative estimate of drug-likeness (QED) is 0.449. The van der Waals surface area contributed by atoms with Gasteiger partial charge in [0.15, 0.2) is 18.1 Å². The fourth-order valence-corrected chi connectivity index (χ4v) is 6.13. The molecule has 1 atom stereocenters. The Morgan fingerprint density at radius 2 is 1.69 bits per heavy atom. The van der Waals surface area contributed by atoms with Crippen LogP contribution in [-0.4, -0.2) is 64.9 Å². The number of hydrogen-bond donors (Lipinski definition) is 1. The Morgan fingerprint density at radius 3 is 2.44 bits per heavy atom. The molecule has 10 nitrogen and oxygen atoms in total. The maximum absolute atomic E-state index is 13.3. The Hall–Kier alpha value is -4.38. The number of benzene rings is 3. The van der Waals surface area contributed by atoms with Gasteiger partial charge in [0.2, 0.25) is 0 Å². The highest BCUT2D eigenvalue weighted by molar-refractivity contribution is 7.90. The van der Waals surface area contributed by atoms with E-state index in [1.807, 2.05) is 42.5 Å². The number of nitrogens with zero attached hydrogens (tertiary/aromatic N) is 2. The van der Waals surface area contributed by atoms with Crippen molar-refractivity contribution in [2.75, 3.05) is 33.9 Å². The number of methoxy groups -OCH3 is 2. The first kappa shape index (κ1) is 26.2. The van der Waals surface area contributed by atoms with Gasteiger partial charge >= 0.3 is 5.97 Å². The van der Waals surface area contributed by atoms with Crippen molar-refractivity contribution in [2.24, 2.45) is 4.99 Å². The number of carbonyl (C=O) groups is 2. The second-order valence-electron chi connectivity index (χ2n) is 8.98. The Balaban J connectivity index is 1.32. The number of rotatable bonds is 7. The highest BCUT2D eigenvalue weighted by Crippen LogP contribution is 2.41. The average Bonchev–Trinajstić information content (AvgIpc) is 3.23. The van der Waals surface area contributed by atoms with Gasteiger partial charge in [-0.25, -0.2) is 8.42 Å². The minimum Gasteiger partial charge on any atom is -0.493 e. The molecule has 2 aliphatic rings. The maximum atomic E-state index is 13.3. The Labute approximate surface area is 226 Å². The molecule has 0 unspecified atom stereocenters. The summed E-state index contributed by atoms with van der Waals surface area (Å²) in [5, 5.41) is 0. The lowest BCUT2D eigenvalue weighted by Gasteiger charge is -2.38. The molecule has 2 heterocycles. The molecule has 202 valence electrons. The van der Waals surface area contributed by atoms with E-state index < -0.39 is 35.2 Å². The molecular formula is C28H27N3O7S. The van der Waals surface area contributed by atoms with Crippen molar-refractivity contribution >= 4 is 27.7 Å². The van der Waals surface area contributed by atoms with Crippen molar-refractivity contribution in [2.45, 2.75) is 17.4 Å². The number of amides is 1. The van der Waals surface area contributed by atoms with Gasteiger partial charge in [0, 0.05) is 12.1 Å². The largest absolute Gasteiger partial charge is 0.493 e. The molecule has 0 saturated carbocycles. The summed E-state index contributed by atoms with van der Waals surface area (Å²) in [5.74, 6) is 0.124.